The van der Waals surface area contributed by atoms with Crippen LogP contribution in [0.1, 0.15) is 32.5 Å². The van der Waals surface area contributed by atoms with Crippen molar-refractivity contribution >= 4 is 132 Å². The lowest BCUT2D eigenvalue weighted by Gasteiger charge is -2.13. The van der Waals surface area contributed by atoms with Gasteiger partial charge in [-0.3, -0.25) is 4.57 Å². The number of fused-ring (bicyclic) bond motifs is 18. The van der Waals surface area contributed by atoms with Gasteiger partial charge in [-0.25, -0.2) is 9.97 Å². The third-order valence-corrected chi connectivity index (χ3v) is 23.5. The molecule has 120 heavy (non-hydrogen) atoms. The van der Waals surface area contributed by atoms with Crippen LogP contribution in [0, 0.1) is 0 Å². The first kappa shape index (κ1) is 76.0. The highest BCUT2D eigenvalue weighted by molar-refractivity contribution is 9.10. The number of furan rings is 3. The maximum atomic E-state index is 9.24. The first-order chi connectivity index (χ1) is 58.6. The minimum Gasteiger partial charge on any atom is -0.456 e. The number of hydrogen-bond acceptors (Lipinski definition) is 7. The predicted molar refractivity (Wildman–Crippen MR) is 509 cm³/mol. The van der Waals surface area contributed by atoms with Crippen molar-refractivity contribution < 1.29 is 26.2 Å². The number of hydrogen-bond donors (Lipinski definition) is 2. The molecule has 0 aliphatic heterocycles. The fourth-order valence-electron chi connectivity index (χ4n) is 16.9. The molecule has 0 spiro atoms. The van der Waals surface area contributed by atoms with Crippen molar-refractivity contribution in [1.29, 1.82) is 0 Å². The van der Waals surface area contributed by atoms with Crippen LogP contribution in [-0.2, 0) is 12.8 Å². The standard InChI is InChI=1S/C41H26N2O.C25H16O.C17H12BrN.C13H9Br.C12H9BO3.CH4.2H2/c1-3-12-27(13-4-1)30-25-36(28-14-5-2-6-15-28)42-40(26-30)43-37-20-9-7-16-32(37)35-24-29(22-23-38(35)43)31-18-11-19-34-33-17-8-10-21-39(33)44-41(31)34;1-2-7-19-16(6-1)14-17-12-13-18(15-23(17)19)20-9-5-10-22-21-8-3-4-11-24(21)26-25(20)22;18-17-12-15(13-7-3-1-4-8-13)11-16(19-17)14-9-5-2-6-10-14;14-11-6-5-10-7-9-3-1-2-4-12(9)13(10)8-11;14-13(15)10-6-3-5-9-8-4-1-2-7-11(8)16-12(9)10;;;/h1-26H;1-13,15H,14H2;1-12H;1-6,8H,7H2;1-7,14-15H;1H4;2*1H. The molecule has 0 bridgehead atoms. The molecule has 16 aromatic carbocycles. The van der Waals surface area contributed by atoms with Crippen molar-refractivity contribution in [2.75, 3.05) is 0 Å². The van der Waals surface area contributed by atoms with E-state index in [9.17, 15) is 10.0 Å². The van der Waals surface area contributed by atoms with Gasteiger partial charge in [0, 0.05) is 78.1 Å². The number of para-hydroxylation sites is 7. The van der Waals surface area contributed by atoms with Gasteiger partial charge in [0.1, 0.15) is 43.9 Å². The minimum atomic E-state index is -1.51. The summed E-state index contributed by atoms with van der Waals surface area (Å²) in [7, 11) is -1.51. The highest BCUT2D eigenvalue weighted by Gasteiger charge is 2.24. The molecular formula is C109H80BBr2N3O5. The summed E-state index contributed by atoms with van der Waals surface area (Å²) < 4.78 is 22.6. The SMILES string of the molecule is Brc1cc(-c2ccccc2)cc(-c2ccccc2)n1.Brc1ccc2c(c1)-c1ccccc1C2.C.OB(O)c1cccc2c1oc1ccccc12.[HH].[HH].c1ccc(-c2cc(-c3ccccc3)nc(-n3c4ccccc4c4cc(-c5cccc6c5oc5ccccc56)ccc43)c2)cc1.c1ccc2c(c1)Cc1ccc(-c3cccc4c3oc3ccccc34)cc1-2. The zero-order valence-corrected chi connectivity index (χ0v) is 67.5. The van der Waals surface area contributed by atoms with Gasteiger partial charge < -0.3 is 23.3 Å². The molecule has 24 rings (SSSR count). The number of nitrogens with zero attached hydrogens (tertiary/aromatic N) is 3. The summed E-state index contributed by atoms with van der Waals surface area (Å²) in [6.45, 7) is 0. The van der Waals surface area contributed by atoms with Crippen molar-refractivity contribution in [3.63, 3.8) is 0 Å². The van der Waals surface area contributed by atoms with E-state index in [0.717, 1.165) is 139 Å². The van der Waals surface area contributed by atoms with Crippen LogP contribution < -0.4 is 5.46 Å². The lowest BCUT2D eigenvalue weighted by Crippen LogP contribution is -2.29. The molecule has 2 N–H and O–H groups in total. The van der Waals surface area contributed by atoms with Crippen LogP contribution in [0.15, 0.2) is 423 Å². The summed E-state index contributed by atoms with van der Waals surface area (Å²) in [6.07, 6.45) is 2.11. The zero-order chi connectivity index (χ0) is 79.9. The van der Waals surface area contributed by atoms with Crippen molar-refractivity contribution in [2.24, 2.45) is 0 Å². The number of halogens is 2. The highest BCUT2D eigenvalue weighted by atomic mass is 79.9. The Labute approximate surface area is 714 Å². The molecule has 11 heteroatoms. The van der Waals surface area contributed by atoms with E-state index in [1.807, 2.05) is 103 Å². The number of aromatic nitrogens is 3. The molecule has 6 heterocycles. The monoisotopic (exact) mass is 1680 g/mol. The summed E-state index contributed by atoms with van der Waals surface area (Å²) >= 11 is 7.01. The van der Waals surface area contributed by atoms with Gasteiger partial charge in [-0.15, -0.1) is 0 Å². The summed E-state index contributed by atoms with van der Waals surface area (Å²) in [5.74, 6) is 0.892. The topological polar surface area (TPSA) is 111 Å². The molecule has 6 aromatic heterocycles. The van der Waals surface area contributed by atoms with E-state index in [-0.39, 0.29) is 10.3 Å². The van der Waals surface area contributed by atoms with Crippen molar-refractivity contribution in [3.05, 3.63) is 432 Å². The Morgan fingerprint density at radius 1 is 0.275 bits per heavy atom. The zero-order valence-electron chi connectivity index (χ0n) is 64.3. The third kappa shape index (κ3) is 14.8. The average Bonchev–Trinajstić information content (AvgIpc) is 1.64. The van der Waals surface area contributed by atoms with Crippen molar-refractivity contribution in [3.8, 4) is 95.1 Å². The van der Waals surface area contributed by atoms with E-state index >= 15 is 0 Å². The summed E-state index contributed by atoms with van der Waals surface area (Å²) in [6, 6.07) is 138. The number of rotatable bonds is 8. The molecule has 0 fully saturated rings. The second kappa shape index (κ2) is 33.2. The van der Waals surface area contributed by atoms with Gasteiger partial charge in [0.15, 0.2) is 0 Å². The molecule has 2 aliphatic rings. The van der Waals surface area contributed by atoms with Gasteiger partial charge in [-0.1, -0.05) is 345 Å². The Balaban J connectivity index is 0.000000116. The van der Waals surface area contributed by atoms with Gasteiger partial charge in [0.2, 0.25) is 0 Å². The molecule has 0 saturated carbocycles. The first-order valence-electron chi connectivity index (χ1n) is 39.7. The van der Waals surface area contributed by atoms with Crippen LogP contribution in [0.3, 0.4) is 0 Å². The molecule has 578 valence electrons. The van der Waals surface area contributed by atoms with Gasteiger partial charge in [0.05, 0.1) is 22.4 Å². The highest BCUT2D eigenvalue weighted by Crippen LogP contribution is 2.45. The Morgan fingerprint density at radius 3 is 1.22 bits per heavy atom. The Morgan fingerprint density at radius 2 is 0.667 bits per heavy atom. The van der Waals surface area contributed by atoms with E-state index in [1.165, 1.54) is 82.7 Å². The fourth-order valence-corrected chi connectivity index (χ4v) is 17.7. The maximum absolute atomic E-state index is 9.24. The van der Waals surface area contributed by atoms with Crippen molar-refractivity contribution in [2.45, 2.75) is 20.3 Å². The second-order valence-electron chi connectivity index (χ2n) is 29.8. The molecule has 22 aromatic rings. The number of benzene rings is 16. The fraction of sp³-hybridized carbons (Fsp3) is 0.0275. The Bertz CT molecular complexity index is 7470. The largest absolute Gasteiger partial charge is 0.492 e. The van der Waals surface area contributed by atoms with Gasteiger partial charge in [-0.05, 0) is 186 Å². The molecule has 2 aliphatic carbocycles. The van der Waals surface area contributed by atoms with Crippen LogP contribution in [0.25, 0.3) is 183 Å². The summed E-state index contributed by atoms with van der Waals surface area (Å²) in [5.41, 5.74) is 32.3. The van der Waals surface area contributed by atoms with Crippen LogP contribution in [0.5, 0.6) is 0 Å². The average molecular weight is 1680 g/mol. The maximum Gasteiger partial charge on any atom is 0.492 e. The quantitative estimate of drug-likeness (QED) is 0.115. The Hall–Kier alpha value is -14.0. The summed E-state index contributed by atoms with van der Waals surface area (Å²) in [5, 5.41) is 27.4. The van der Waals surface area contributed by atoms with Crippen LogP contribution in [-0.4, -0.2) is 31.7 Å². The third-order valence-electron chi connectivity index (χ3n) is 22.6. The second-order valence-corrected chi connectivity index (χ2v) is 31.5. The molecule has 8 nitrogen and oxygen atoms in total. The van der Waals surface area contributed by atoms with E-state index in [4.69, 9.17) is 18.2 Å². The van der Waals surface area contributed by atoms with Crippen LogP contribution in [0.2, 0.25) is 0 Å². The first-order valence-corrected chi connectivity index (χ1v) is 41.3. The molecule has 0 unspecified atom stereocenters. The van der Waals surface area contributed by atoms with E-state index in [2.05, 4.69) is 327 Å². The number of pyridine rings is 2. The van der Waals surface area contributed by atoms with Gasteiger partial charge >= 0.3 is 7.12 Å². The van der Waals surface area contributed by atoms with Crippen molar-refractivity contribution in [1.82, 2.24) is 14.5 Å². The smallest absolute Gasteiger partial charge is 0.456 e. The minimum absolute atomic E-state index is 0. The van der Waals surface area contributed by atoms with E-state index in [0.29, 0.717) is 11.0 Å². The molecule has 0 saturated heterocycles. The van der Waals surface area contributed by atoms with Gasteiger partial charge in [-0.2, -0.15) is 0 Å². The predicted octanol–water partition coefficient (Wildman–Crippen LogP) is 29.5. The van der Waals surface area contributed by atoms with Crippen LogP contribution >= 0.6 is 31.9 Å². The lowest BCUT2D eigenvalue weighted by atomic mass is 9.79. The normalized spacial score (nSPS) is 11.5. The molecule has 0 atom stereocenters. The van der Waals surface area contributed by atoms with E-state index < -0.39 is 7.12 Å². The molecule has 0 amide bonds. The lowest BCUT2D eigenvalue weighted by molar-refractivity contribution is 0.425. The molecule has 0 radical (unpaired) electrons. The Kier molecular flexibility index (Phi) is 21.0. The van der Waals surface area contributed by atoms with Gasteiger partial charge in [0.25, 0.3) is 0 Å². The molecular weight excluding hydrogens is 1600 g/mol. The van der Waals surface area contributed by atoms with Crippen LogP contribution in [0.4, 0.5) is 0 Å². The summed E-state index contributed by atoms with van der Waals surface area (Å²) in [4.78, 5) is 9.81. The van der Waals surface area contributed by atoms with E-state index in [1.54, 1.807) is 12.1 Å².